The first-order valence-electron chi connectivity index (χ1n) is 3.97. The largest absolute Gasteiger partial charge is 0.476 e. The second kappa shape index (κ2) is 4.26. The van der Waals surface area contributed by atoms with E-state index in [4.69, 9.17) is 5.11 Å². The molecule has 96 valence electrons. The average molecular weight is 262 g/mol. The number of alkyl halides is 5. The topological polar surface area (TPSA) is 66.0 Å². The number of aromatic nitrogens is 2. The number of carboxylic acid groups (broad SMARTS) is 1. The Morgan fingerprint density at radius 1 is 1.35 bits per heavy atom. The lowest BCUT2D eigenvalue weighted by Crippen LogP contribution is -2.34. The van der Waals surface area contributed by atoms with E-state index < -0.39 is 41.7 Å². The Bertz CT molecular complexity index is 432. The van der Waals surface area contributed by atoms with Crippen LogP contribution in [0.2, 0.25) is 0 Å². The summed E-state index contributed by atoms with van der Waals surface area (Å²) in [4.78, 5) is 10.3. The van der Waals surface area contributed by atoms with Crippen molar-refractivity contribution in [1.29, 1.82) is 0 Å². The van der Waals surface area contributed by atoms with Crippen LogP contribution in [0.25, 0.3) is 0 Å². The van der Waals surface area contributed by atoms with Crippen molar-refractivity contribution in [3.05, 3.63) is 17.2 Å². The number of carboxylic acids is 1. The van der Waals surface area contributed by atoms with Crippen LogP contribution in [0.4, 0.5) is 26.3 Å². The van der Waals surface area contributed by atoms with Crippen molar-refractivity contribution in [1.82, 2.24) is 10.2 Å². The first-order valence-corrected chi connectivity index (χ1v) is 3.97. The minimum atomic E-state index is -4.90. The molecule has 1 atom stereocenters. The zero-order valence-corrected chi connectivity index (χ0v) is 7.73. The molecule has 4 nitrogen and oxygen atoms in total. The Balaban J connectivity index is 3.20. The van der Waals surface area contributed by atoms with E-state index in [0.717, 1.165) is 0 Å². The van der Waals surface area contributed by atoms with Crippen LogP contribution in [-0.2, 0) is 5.92 Å². The summed E-state index contributed by atoms with van der Waals surface area (Å²) in [7, 11) is 0. The number of halogens is 6. The predicted octanol–water partition coefficient (Wildman–Crippen LogP) is 1.94. The van der Waals surface area contributed by atoms with Gasteiger partial charge in [0.2, 0.25) is 11.9 Å². The number of hydrogen-bond acceptors (Lipinski definition) is 2. The molecule has 0 spiro atoms. The van der Waals surface area contributed by atoms with E-state index in [-0.39, 0.29) is 0 Å². The summed E-state index contributed by atoms with van der Waals surface area (Å²) in [5.74, 6) is -8.97. The van der Waals surface area contributed by atoms with Gasteiger partial charge in [0.15, 0.2) is 5.82 Å². The number of carbonyl (C=O) groups is 1. The molecule has 0 fully saturated rings. The molecule has 1 aromatic heterocycles. The lowest BCUT2D eigenvalue weighted by molar-refractivity contribution is -0.137. The standard InChI is InChI=1S/C7H4F6N2O2/c8-1-2(6(16)17)14-15-4(1)7(12,13)3(9)5(10)11/h3,5H,(H,14,15)(H,16,17). The molecule has 1 unspecified atom stereocenters. The van der Waals surface area contributed by atoms with Crippen LogP contribution < -0.4 is 0 Å². The van der Waals surface area contributed by atoms with Crippen LogP contribution in [0.1, 0.15) is 16.2 Å². The first kappa shape index (κ1) is 13.3. The Morgan fingerprint density at radius 3 is 2.24 bits per heavy atom. The summed E-state index contributed by atoms with van der Waals surface area (Å²) < 4.78 is 75.1. The van der Waals surface area contributed by atoms with Gasteiger partial charge < -0.3 is 5.11 Å². The molecule has 17 heavy (non-hydrogen) atoms. The highest BCUT2D eigenvalue weighted by atomic mass is 19.3. The van der Waals surface area contributed by atoms with E-state index in [0.29, 0.717) is 0 Å². The zero-order chi connectivity index (χ0) is 13.4. The fraction of sp³-hybridized carbons (Fsp3) is 0.429. The number of hydrogen-bond donors (Lipinski definition) is 2. The van der Waals surface area contributed by atoms with E-state index >= 15 is 0 Å². The molecule has 0 radical (unpaired) electrons. The molecule has 10 heteroatoms. The van der Waals surface area contributed by atoms with Crippen LogP contribution in [0.3, 0.4) is 0 Å². The molecule has 0 aliphatic heterocycles. The van der Waals surface area contributed by atoms with Gasteiger partial charge in [-0.3, -0.25) is 5.10 Å². The predicted molar refractivity (Wildman–Crippen MR) is 40.3 cm³/mol. The van der Waals surface area contributed by atoms with Crippen molar-refractivity contribution in [2.45, 2.75) is 18.5 Å². The number of H-pyrrole nitrogens is 1. The maximum Gasteiger partial charge on any atom is 0.359 e. The van der Waals surface area contributed by atoms with Crippen molar-refractivity contribution in [2.24, 2.45) is 0 Å². The van der Waals surface area contributed by atoms with Crippen LogP contribution in [0, 0.1) is 5.82 Å². The van der Waals surface area contributed by atoms with Gasteiger partial charge in [-0.1, -0.05) is 0 Å². The van der Waals surface area contributed by atoms with Gasteiger partial charge in [-0.15, -0.1) is 0 Å². The molecule has 0 bridgehead atoms. The second-order valence-corrected chi connectivity index (χ2v) is 2.93. The smallest absolute Gasteiger partial charge is 0.359 e. The summed E-state index contributed by atoms with van der Waals surface area (Å²) in [5.41, 5.74) is -3.36. The molecule has 0 saturated heterocycles. The Labute approximate surface area is 89.2 Å². The minimum Gasteiger partial charge on any atom is -0.476 e. The molecule has 0 amide bonds. The van der Waals surface area contributed by atoms with Crippen molar-refractivity contribution in [2.75, 3.05) is 0 Å². The zero-order valence-electron chi connectivity index (χ0n) is 7.73. The van der Waals surface area contributed by atoms with Crippen LogP contribution in [0.15, 0.2) is 0 Å². The lowest BCUT2D eigenvalue weighted by Gasteiger charge is -2.18. The summed E-state index contributed by atoms with van der Waals surface area (Å²) >= 11 is 0. The van der Waals surface area contributed by atoms with Gasteiger partial charge in [0.25, 0.3) is 6.43 Å². The SMILES string of the molecule is O=C(O)c1n[nH]c(C(F)(F)C(F)C(F)F)c1F. The van der Waals surface area contributed by atoms with Crippen molar-refractivity contribution >= 4 is 5.97 Å². The van der Waals surface area contributed by atoms with E-state index in [1.54, 1.807) is 0 Å². The Hall–Kier alpha value is -1.74. The van der Waals surface area contributed by atoms with Crippen LogP contribution >= 0.6 is 0 Å². The third kappa shape index (κ3) is 2.19. The van der Waals surface area contributed by atoms with Gasteiger partial charge in [0.1, 0.15) is 5.69 Å². The van der Waals surface area contributed by atoms with Gasteiger partial charge in [0.05, 0.1) is 0 Å². The highest BCUT2D eigenvalue weighted by Gasteiger charge is 2.51. The van der Waals surface area contributed by atoms with Gasteiger partial charge in [-0.2, -0.15) is 13.9 Å². The Kier molecular flexibility index (Phi) is 3.34. The summed E-state index contributed by atoms with van der Waals surface area (Å²) in [6.45, 7) is 0. The van der Waals surface area contributed by atoms with E-state index in [1.807, 2.05) is 0 Å². The third-order valence-electron chi connectivity index (χ3n) is 1.81. The van der Waals surface area contributed by atoms with Crippen molar-refractivity contribution in [3.8, 4) is 0 Å². The number of nitrogens with zero attached hydrogens (tertiary/aromatic N) is 1. The average Bonchev–Trinajstić information content (AvgIpc) is 2.59. The number of rotatable bonds is 4. The number of aromatic amines is 1. The Morgan fingerprint density at radius 2 is 1.88 bits per heavy atom. The fourth-order valence-corrected chi connectivity index (χ4v) is 0.987. The normalized spacial score (nSPS) is 14.1. The summed E-state index contributed by atoms with van der Waals surface area (Å²) in [6.07, 6.45) is -8.03. The van der Waals surface area contributed by atoms with E-state index in [2.05, 4.69) is 5.10 Å². The van der Waals surface area contributed by atoms with Crippen molar-refractivity contribution in [3.63, 3.8) is 0 Å². The number of aromatic carboxylic acids is 1. The number of nitrogens with one attached hydrogen (secondary N) is 1. The molecule has 0 aromatic carbocycles. The van der Waals surface area contributed by atoms with Gasteiger partial charge in [-0.05, 0) is 0 Å². The molecule has 1 heterocycles. The quantitative estimate of drug-likeness (QED) is 0.815. The molecular weight excluding hydrogens is 258 g/mol. The molecule has 0 aliphatic carbocycles. The van der Waals surface area contributed by atoms with Gasteiger partial charge in [-0.25, -0.2) is 22.4 Å². The maximum absolute atomic E-state index is 13.0. The van der Waals surface area contributed by atoms with Crippen LogP contribution in [-0.4, -0.2) is 33.9 Å². The highest BCUT2D eigenvalue weighted by molar-refractivity contribution is 5.85. The molecule has 1 rings (SSSR count). The van der Waals surface area contributed by atoms with E-state index in [9.17, 15) is 31.1 Å². The summed E-state index contributed by atoms with van der Waals surface area (Å²) in [6, 6.07) is 0. The second-order valence-electron chi connectivity index (χ2n) is 2.93. The fourth-order valence-electron chi connectivity index (χ4n) is 0.987. The monoisotopic (exact) mass is 262 g/mol. The van der Waals surface area contributed by atoms with E-state index in [1.165, 1.54) is 5.10 Å². The maximum atomic E-state index is 13.0. The lowest BCUT2D eigenvalue weighted by atomic mass is 10.1. The molecule has 1 aromatic rings. The highest BCUT2D eigenvalue weighted by Crippen LogP contribution is 2.37. The third-order valence-corrected chi connectivity index (χ3v) is 1.81. The van der Waals surface area contributed by atoms with Crippen molar-refractivity contribution < 1.29 is 36.2 Å². The molecule has 2 N–H and O–H groups in total. The minimum absolute atomic E-state index is 1.20. The first-order chi connectivity index (χ1) is 7.69. The molecule has 0 saturated carbocycles. The van der Waals surface area contributed by atoms with Gasteiger partial charge in [0, 0.05) is 0 Å². The van der Waals surface area contributed by atoms with Crippen LogP contribution in [0.5, 0.6) is 0 Å². The summed E-state index contributed by atoms with van der Waals surface area (Å²) in [5, 5.41) is 12.1. The molecular formula is C7H4F6N2O2. The molecule has 0 aliphatic rings. The van der Waals surface area contributed by atoms with Gasteiger partial charge >= 0.3 is 11.9 Å².